The fourth-order valence-corrected chi connectivity index (χ4v) is 8.05. The number of carbonyl (C=O) groups excluding carboxylic acids is 9. The molecule has 0 heterocycles. The van der Waals surface area contributed by atoms with Gasteiger partial charge in [0.25, 0.3) is 11.8 Å². The number of ether oxygens (including phenoxy) is 4. The zero-order chi connectivity index (χ0) is 63.0. The molecule has 85 heavy (non-hydrogen) atoms. The largest absolute Gasteiger partial charge is 0.508 e. The quantitative estimate of drug-likeness (QED) is 0.0204. The van der Waals surface area contributed by atoms with E-state index in [9.17, 15) is 58.5 Å². The molecular formula is C60H76N8O17. The number of hydrogen-bond donors (Lipinski definition) is 10. The number of nitrogens with zero attached hydrogens (tertiary/aromatic N) is 1. The number of carboxylic acid groups (broad SMARTS) is 1. The zero-order valence-electron chi connectivity index (χ0n) is 48.6. The number of aliphatic hydroxyl groups excluding tert-OH is 1. The van der Waals surface area contributed by atoms with Gasteiger partial charge in [-0.25, -0.2) is 19.2 Å². The van der Waals surface area contributed by atoms with Crippen molar-refractivity contribution in [3.05, 3.63) is 143 Å². The zero-order valence-corrected chi connectivity index (χ0v) is 48.6. The lowest BCUT2D eigenvalue weighted by atomic mass is 10.0. The van der Waals surface area contributed by atoms with Gasteiger partial charge in [-0.15, -0.1) is 0 Å². The number of phenolic OH excluding ortho intramolecular Hbond substituents is 1. The molecule has 0 unspecified atom stereocenters. The second kappa shape index (κ2) is 33.1. The van der Waals surface area contributed by atoms with Crippen LogP contribution in [0.2, 0.25) is 0 Å². The minimum Gasteiger partial charge on any atom is -0.508 e. The van der Waals surface area contributed by atoms with Crippen LogP contribution in [0.4, 0.5) is 9.59 Å². The van der Waals surface area contributed by atoms with E-state index in [1.807, 2.05) is 0 Å². The molecule has 8 amide bonds. The van der Waals surface area contributed by atoms with Gasteiger partial charge >= 0.3 is 24.1 Å². The Hall–Kier alpha value is -9.36. The third-order valence-electron chi connectivity index (χ3n) is 12.3. The number of aromatic hydroxyl groups is 1. The van der Waals surface area contributed by atoms with E-state index in [1.165, 1.54) is 37.3 Å². The molecule has 25 heteroatoms. The molecule has 0 bridgehead atoms. The first-order valence-electron chi connectivity index (χ1n) is 27.1. The second-order valence-corrected chi connectivity index (χ2v) is 21.2. The number of rotatable bonds is 30. The van der Waals surface area contributed by atoms with Crippen molar-refractivity contribution < 1.29 is 82.2 Å². The number of phenols is 1. The molecule has 0 aliphatic carbocycles. The molecule has 4 rings (SSSR count). The summed E-state index contributed by atoms with van der Waals surface area (Å²) in [5, 5.41) is 45.1. The van der Waals surface area contributed by atoms with Gasteiger partial charge in [0.1, 0.15) is 60.0 Å². The first-order valence-corrected chi connectivity index (χ1v) is 27.1. The lowest BCUT2D eigenvalue weighted by Gasteiger charge is -2.31. The number of esters is 1. The maximum Gasteiger partial charge on any atom is 0.408 e. The Labute approximate surface area is 492 Å². The van der Waals surface area contributed by atoms with Gasteiger partial charge in [0.05, 0.1) is 25.7 Å². The highest BCUT2D eigenvalue weighted by Crippen LogP contribution is 2.19. The molecule has 0 saturated heterocycles. The Bertz CT molecular complexity index is 2940. The van der Waals surface area contributed by atoms with Crippen molar-refractivity contribution >= 4 is 65.6 Å². The number of hydrogen-bond acceptors (Lipinski definition) is 16. The SMILES string of the molecule is CC(C)C[C@H](NC(=O)/C(=C\c1ccc(O)cc1)N(C)C(=O)[C@@H](NC(=O)OCc1ccccc1)[C@@H](C)OC(=O)[C@H](COCc1ccccc1)NC(=O)[C@H](CC(N)=O)NC(=O)[C@@H](NC(=O)OC(C)(C)C)[C@H](C)O)C(=O)N[C@H](Cc1ccccc1)C(=O)O. The molecule has 11 N–H and O–H groups in total. The maximum absolute atomic E-state index is 15.1. The van der Waals surface area contributed by atoms with E-state index in [1.54, 1.807) is 126 Å². The number of aliphatic hydroxyl groups is 1. The average molecular weight is 1180 g/mol. The minimum absolute atomic E-state index is 0.0140. The molecule has 0 radical (unpaired) electrons. The number of carboxylic acids is 1. The summed E-state index contributed by atoms with van der Waals surface area (Å²) in [4.78, 5) is 138. The Morgan fingerprint density at radius 1 is 0.624 bits per heavy atom. The van der Waals surface area contributed by atoms with Crippen molar-refractivity contribution in [3.8, 4) is 5.75 Å². The molecule has 0 aliphatic heterocycles. The molecule has 0 aromatic heterocycles. The van der Waals surface area contributed by atoms with Crippen molar-refractivity contribution in [2.75, 3.05) is 13.7 Å². The average Bonchev–Trinajstić information content (AvgIpc) is 3.58. The smallest absolute Gasteiger partial charge is 0.408 e. The van der Waals surface area contributed by atoms with Gasteiger partial charge in [-0.05, 0) is 87.4 Å². The van der Waals surface area contributed by atoms with E-state index >= 15 is 4.79 Å². The summed E-state index contributed by atoms with van der Waals surface area (Å²) in [7, 11) is 1.14. The first kappa shape index (κ1) is 68.1. The summed E-state index contributed by atoms with van der Waals surface area (Å²) in [6, 6.07) is 20.8. The van der Waals surface area contributed by atoms with Crippen LogP contribution in [-0.2, 0) is 76.9 Å². The van der Waals surface area contributed by atoms with Crippen LogP contribution in [0.25, 0.3) is 6.08 Å². The van der Waals surface area contributed by atoms with Gasteiger partial charge < -0.3 is 76.8 Å². The van der Waals surface area contributed by atoms with Gasteiger partial charge in [-0.2, -0.15) is 0 Å². The Kier molecular flexibility index (Phi) is 26.5. The number of amides is 8. The van der Waals surface area contributed by atoms with Crippen LogP contribution in [0.15, 0.2) is 121 Å². The number of aliphatic carboxylic acids is 1. The second-order valence-electron chi connectivity index (χ2n) is 21.2. The monoisotopic (exact) mass is 1180 g/mol. The van der Waals surface area contributed by atoms with Gasteiger partial charge in [-0.1, -0.05) is 117 Å². The molecule has 0 aliphatic rings. The summed E-state index contributed by atoms with van der Waals surface area (Å²) in [6.45, 7) is 9.45. The van der Waals surface area contributed by atoms with E-state index < -0.39 is 132 Å². The highest BCUT2D eigenvalue weighted by Gasteiger charge is 2.39. The van der Waals surface area contributed by atoms with E-state index in [0.29, 0.717) is 16.7 Å². The van der Waals surface area contributed by atoms with E-state index in [0.717, 1.165) is 18.9 Å². The lowest BCUT2D eigenvalue weighted by molar-refractivity contribution is -0.157. The number of primary amides is 1. The summed E-state index contributed by atoms with van der Waals surface area (Å²) in [5.41, 5.74) is 6.02. The summed E-state index contributed by atoms with van der Waals surface area (Å²) < 4.78 is 22.3. The van der Waals surface area contributed by atoms with Gasteiger partial charge in [-0.3, -0.25) is 28.8 Å². The molecule has 8 atom stereocenters. The van der Waals surface area contributed by atoms with Crippen LogP contribution in [0.1, 0.15) is 83.6 Å². The van der Waals surface area contributed by atoms with Gasteiger partial charge in [0.2, 0.25) is 23.6 Å². The molecule has 0 fully saturated rings. The number of alkyl carbamates (subject to hydrolysis) is 2. The fraction of sp³-hybridized carbons (Fsp3) is 0.400. The van der Waals surface area contributed by atoms with Crippen LogP contribution >= 0.6 is 0 Å². The summed E-state index contributed by atoms with van der Waals surface area (Å²) in [6.07, 6.45) is -5.38. The molecule has 0 saturated carbocycles. The van der Waals surface area contributed by atoms with E-state index in [4.69, 9.17) is 24.7 Å². The van der Waals surface area contributed by atoms with Crippen molar-refractivity contribution in [3.63, 3.8) is 0 Å². The Morgan fingerprint density at radius 3 is 1.67 bits per heavy atom. The maximum atomic E-state index is 15.1. The summed E-state index contributed by atoms with van der Waals surface area (Å²) >= 11 is 0. The van der Waals surface area contributed by atoms with Gasteiger partial charge in [0, 0.05) is 13.5 Å². The highest BCUT2D eigenvalue weighted by atomic mass is 16.6. The Morgan fingerprint density at radius 2 is 1.14 bits per heavy atom. The topological polar surface area (TPSA) is 370 Å². The molecule has 0 spiro atoms. The van der Waals surface area contributed by atoms with Crippen LogP contribution in [0.5, 0.6) is 5.75 Å². The van der Waals surface area contributed by atoms with Crippen LogP contribution in [0, 0.1) is 5.92 Å². The molecular weight excluding hydrogens is 1100 g/mol. The highest BCUT2D eigenvalue weighted by molar-refractivity contribution is 6.04. The molecule has 4 aromatic carbocycles. The Balaban J connectivity index is 1.73. The molecule has 25 nitrogen and oxygen atoms in total. The van der Waals surface area contributed by atoms with Gasteiger partial charge in [0.15, 0.2) is 6.04 Å². The predicted octanol–water partition coefficient (Wildman–Crippen LogP) is 3.10. The number of nitrogens with two attached hydrogens (primary N) is 1. The standard InChI is InChI=1S/C60H76N8O17/c1-35(2)28-43(51(72)64-45(56(77)78)29-38-18-12-9-13-19-38)62-53(74)47(30-39-24-26-42(70)27-25-39)68(8)55(76)50(67-58(80)83-33-41-22-16-11-17-23-41)37(4)84-57(79)46(34-82-32-40-20-14-10-15-21-40)65-52(73)44(31-48(61)71)63-54(75)49(36(3)69)66-59(81)85-60(5,6)7/h9-27,30,35-37,43-46,49-50,69-70H,28-29,31-34H2,1-8H3,(H2,61,71)(H,62,74)(H,63,75)(H,64,72)(H,65,73)(H,66,81)(H,67,80)(H,77,78)/b47-30+/t36-,37+,43-,44-,45+,46-,49-,50-/m0/s1. The van der Waals surface area contributed by atoms with Crippen LogP contribution in [0.3, 0.4) is 0 Å². The fourth-order valence-electron chi connectivity index (χ4n) is 8.05. The minimum atomic E-state index is -1.95. The normalized spacial score (nSPS) is 14.2. The van der Waals surface area contributed by atoms with Crippen LogP contribution < -0.4 is 37.6 Å². The number of nitrogens with one attached hydrogen (secondary N) is 6. The first-order chi connectivity index (χ1) is 40.1. The third-order valence-corrected chi connectivity index (χ3v) is 12.3. The molecule has 4 aromatic rings. The number of benzene rings is 4. The summed E-state index contributed by atoms with van der Waals surface area (Å²) in [5.74, 6) is -9.58. The van der Waals surface area contributed by atoms with Crippen molar-refractivity contribution in [1.82, 2.24) is 36.8 Å². The molecule has 458 valence electrons. The van der Waals surface area contributed by atoms with Crippen molar-refractivity contribution in [1.29, 1.82) is 0 Å². The van der Waals surface area contributed by atoms with Crippen molar-refractivity contribution in [2.45, 2.75) is 135 Å². The van der Waals surface area contributed by atoms with Crippen LogP contribution in [-0.4, -0.2) is 148 Å². The number of likely N-dealkylation sites (N-methyl/N-ethyl adjacent to an activating group) is 1. The third kappa shape index (κ3) is 23.8. The predicted molar refractivity (Wildman–Crippen MR) is 308 cm³/mol. The van der Waals surface area contributed by atoms with E-state index in [-0.39, 0.29) is 43.3 Å². The van der Waals surface area contributed by atoms with Crippen molar-refractivity contribution in [2.24, 2.45) is 11.7 Å². The number of carbonyl (C=O) groups is 10. The lowest BCUT2D eigenvalue weighted by Crippen LogP contribution is -2.60. The van der Waals surface area contributed by atoms with E-state index in [2.05, 4.69) is 31.9 Å².